The molecule has 4 aromatic rings. The lowest BCUT2D eigenvalue weighted by molar-refractivity contribution is 0.205. The number of carbonyl (C=O) groups excluding carboxylic acids is 1. The third-order valence-corrected chi connectivity index (χ3v) is 5.45. The number of amides is 2. The molecule has 0 aliphatic heterocycles. The zero-order chi connectivity index (χ0) is 22.8. The van der Waals surface area contributed by atoms with E-state index < -0.39 is 17.9 Å². The van der Waals surface area contributed by atoms with Gasteiger partial charge in [-0.25, -0.2) is 14.2 Å². The third-order valence-electron chi connectivity index (χ3n) is 5.45. The van der Waals surface area contributed by atoms with Gasteiger partial charge in [-0.15, -0.1) is 0 Å². The molecule has 0 saturated heterocycles. The van der Waals surface area contributed by atoms with Gasteiger partial charge >= 0.3 is 6.03 Å². The van der Waals surface area contributed by atoms with E-state index in [1.165, 1.54) is 21.6 Å². The predicted octanol–water partition coefficient (Wildman–Crippen LogP) is 5.06. The molecule has 0 aliphatic carbocycles. The molecule has 0 radical (unpaired) electrons. The number of fused-ring (bicyclic) bond motifs is 1. The molecule has 0 aliphatic rings. The van der Waals surface area contributed by atoms with E-state index in [1.807, 2.05) is 37.3 Å². The van der Waals surface area contributed by atoms with E-state index in [4.69, 9.17) is 4.98 Å². The quantitative estimate of drug-likeness (QED) is 0.492. The van der Waals surface area contributed by atoms with Crippen molar-refractivity contribution in [3.05, 3.63) is 100 Å². The number of aromatic nitrogens is 2. The first kappa shape index (κ1) is 21.2. The molecular weight excluding hydrogens is 407 g/mol. The zero-order valence-corrected chi connectivity index (χ0v) is 18.0. The van der Waals surface area contributed by atoms with Crippen molar-refractivity contribution in [2.24, 2.45) is 0 Å². The minimum absolute atomic E-state index is 0.0825. The molecule has 162 valence electrons. The molecule has 32 heavy (non-hydrogen) atoms. The number of hydrogen-bond acceptors (Lipinski definition) is 3. The highest BCUT2D eigenvalue weighted by atomic mass is 19.1. The van der Waals surface area contributed by atoms with Gasteiger partial charge < -0.3 is 10.2 Å². The van der Waals surface area contributed by atoms with Gasteiger partial charge in [-0.3, -0.25) is 9.36 Å². The van der Waals surface area contributed by atoms with Crippen LogP contribution in [0, 0.1) is 12.7 Å². The second-order valence-electron chi connectivity index (χ2n) is 7.66. The van der Waals surface area contributed by atoms with Crippen LogP contribution in [0.2, 0.25) is 0 Å². The predicted molar refractivity (Wildman–Crippen MR) is 124 cm³/mol. The van der Waals surface area contributed by atoms with Gasteiger partial charge in [0, 0.05) is 7.05 Å². The maximum Gasteiger partial charge on any atom is 0.322 e. The highest BCUT2D eigenvalue weighted by Gasteiger charge is 2.24. The first-order chi connectivity index (χ1) is 15.4. The van der Waals surface area contributed by atoms with Gasteiger partial charge in [-0.1, -0.05) is 36.4 Å². The van der Waals surface area contributed by atoms with Crippen LogP contribution in [0.1, 0.15) is 24.4 Å². The summed E-state index contributed by atoms with van der Waals surface area (Å²) in [5.41, 5.74) is 2.07. The Kier molecular flexibility index (Phi) is 5.73. The average Bonchev–Trinajstić information content (AvgIpc) is 2.79. The van der Waals surface area contributed by atoms with E-state index in [-0.39, 0.29) is 11.2 Å². The number of carbonyl (C=O) groups is 1. The van der Waals surface area contributed by atoms with Crippen molar-refractivity contribution in [2.45, 2.75) is 19.9 Å². The normalized spacial score (nSPS) is 11.9. The summed E-state index contributed by atoms with van der Waals surface area (Å²) in [4.78, 5) is 32.4. The van der Waals surface area contributed by atoms with Gasteiger partial charge in [0.2, 0.25) is 0 Å². The summed E-state index contributed by atoms with van der Waals surface area (Å²) < 4.78 is 15.5. The van der Waals surface area contributed by atoms with Gasteiger partial charge in [0.25, 0.3) is 5.56 Å². The number of benzene rings is 3. The fourth-order valence-electron chi connectivity index (χ4n) is 3.56. The summed E-state index contributed by atoms with van der Waals surface area (Å²) in [6.07, 6.45) is 0. The monoisotopic (exact) mass is 430 g/mol. The summed E-state index contributed by atoms with van der Waals surface area (Å²) in [6, 6.07) is 19.5. The van der Waals surface area contributed by atoms with E-state index in [1.54, 1.807) is 44.3 Å². The molecule has 1 heterocycles. The minimum Gasteiger partial charge on any atom is -0.318 e. The topological polar surface area (TPSA) is 67.2 Å². The van der Waals surface area contributed by atoms with Crippen LogP contribution in [-0.2, 0) is 0 Å². The summed E-state index contributed by atoms with van der Waals surface area (Å²) >= 11 is 0. The first-order valence-electron chi connectivity index (χ1n) is 10.2. The number of nitrogens with one attached hydrogen (secondary N) is 1. The van der Waals surface area contributed by atoms with Gasteiger partial charge in [-0.2, -0.15) is 0 Å². The third kappa shape index (κ3) is 3.97. The minimum atomic E-state index is -0.584. The molecule has 0 bridgehead atoms. The van der Waals surface area contributed by atoms with Crippen molar-refractivity contribution in [1.82, 2.24) is 14.5 Å². The summed E-state index contributed by atoms with van der Waals surface area (Å²) in [6.45, 7) is 3.73. The molecule has 1 N–H and O–H groups in total. The molecule has 1 atom stereocenters. The Balaban J connectivity index is 1.80. The van der Waals surface area contributed by atoms with Crippen molar-refractivity contribution < 1.29 is 9.18 Å². The fraction of sp³-hybridized carbons (Fsp3) is 0.160. The van der Waals surface area contributed by atoms with Crippen molar-refractivity contribution in [3.8, 4) is 5.69 Å². The summed E-state index contributed by atoms with van der Waals surface area (Å²) in [7, 11) is 1.59. The Bertz CT molecular complexity index is 1370. The summed E-state index contributed by atoms with van der Waals surface area (Å²) in [5, 5.41) is 3.07. The van der Waals surface area contributed by atoms with Crippen LogP contribution in [0.25, 0.3) is 16.6 Å². The van der Waals surface area contributed by atoms with E-state index in [0.717, 1.165) is 5.56 Å². The second kappa shape index (κ2) is 8.63. The SMILES string of the molecule is Cc1cccc(-n2c(C(C)N(C)C(=O)Nc3ccccc3F)nc3ccccc3c2=O)c1. The van der Waals surface area contributed by atoms with E-state index in [2.05, 4.69) is 5.32 Å². The second-order valence-corrected chi connectivity index (χ2v) is 7.66. The molecule has 4 rings (SSSR count). The number of aryl methyl sites for hydroxylation is 1. The van der Waals surface area contributed by atoms with E-state index in [9.17, 15) is 14.0 Å². The van der Waals surface area contributed by atoms with Crippen LogP contribution in [0.5, 0.6) is 0 Å². The van der Waals surface area contributed by atoms with E-state index >= 15 is 0 Å². The Morgan fingerprint density at radius 3 is 2.53 bits per heavy atom. The van der Waals surface area contributed by atoms with Gasteiger partial charge in [0.15, 0.2) is 0 Å². The van der Waals surface area contributed by atoms with Gasteiger partial charge in [0.05, 0.1) is 28.3 Å². The average molecular weight is 430 g/mol. The molecule has 0 spiro atoms. The molecular formula is C25H23FN4O2. The zero-order valence-electron chi connectivity index (χ0n) is 18.0. The summed E-state index contributed by atoms with van der Waals surface area (Å²) in [5.74, 6) is -0.118. The molecule has 3 aromatic carbocycles. The number of halogens is 1. The number of anilines is 1. The van der Waals surface area contributed by atoms with Crippen LogP contribution in [0.3, 0.4) is 0 Å². The first-order valence-corrected chi connectivity index (χ1v) is 10.2. The van der Waals surface area contributed by atoms with Gasteiger partial charge in [0.1, 0.15) is 11.6 Å². The number of urea groups is 1. The molecule has 7 heteroatoms. The molecule has 2 amide bonds. The highest BCUT2D eigenvalue weighted by Crippen LogP contribution is 2.23. The number of rotatable bonds is 4. The Morgan fingerprint density at radius 2 is 1.78 bits per heavy atom. The van der Waals surface area contributed by atoms with Crippen molar-refractivity contribution in [3.63, 3.8) is 0 Å². The van der Waals surface area contributed by atoms with Crippen LogP contribution in [-0.4, -0.2) is 27.5 Å². The lowest BCUT2D eigenvalue weighted by Gasteiger charge is -2.27. The smallest absolute Gasteiger partial charge is 0.318 e. The maximum absolute atomic E-state index is 14.0. The van der Waals surface area contributed by atoms with E-state index in [0.29, 0.717) is 22.4 Å². The standard InChI is InChI=1S/C25H23FN4O2/c1-16-9-8-10-18(15-16)30-23(27-21-13-6-4-11-19(21)24(30)31)17(2)29(3)25(32)28-22-14-7-5-12-20(22)26/h4-15,17H,1-3H3,(H,28,32). The number of hydrogen-bond donors (Lipinski definition) is 1. The van der Waals surface area contributed by atoms with Crippen LogP contribution in [0.15, 0.2) is 77.6 Å². The van der Waals surface area contributed by atoms with Crippen LogP contribution >= 0.6 is 0 Å². The van der Waals surface area contributed by atoms with Crippen molar-refractivity contribution in [1.29, 1.82) is 0 Å². The van der Waals surface area contributed by atoms with Gasteiger partial charge in [-0.05, 0) is 55.8 Å². The van der Waals surface area contributed by atoms with Crippen LogP contribution < -0.4 is 10.9 Å². The van der Waals surface area contributed by atoms with Crippen LogP contribution in [0.4, 0.5) is 14.9 Å². The molecule has 6 nitrogen and oxygen atoms in total. The Morgan fingerprint density at radius 1 is 1.06 bits per heavy atom. The molecule has 1 unspecified atom stereocenters. The molecule has 1 aromatic heterocycles. The Hall–Kier alpha value is -4.00. The highest BCUT2D eigenvalue weighted by molar-refractivity contribution is 5.89. The maximum atomic E-state index is 14.0. The van der Waals surface area contributed by atoms with Crippen molar-refractivity contribution >= 4 is 22.6 Å². The largest absolute Gasteiger partial charge is 0.322 e. The number of para-hydroxylation sites is 2. The van der Waals surface area contributed by atoms with Crippen molar-refractivity contribution in [2.75, 3.05) is 12.4 Å². The lowest BCUT2D eigenvalue weighted by atomic mass is 10.1. The molecule has 0 saturated carbocycles. The fourth-order valence-corrected chi connectivity index (χ4v) is 3.56. The number of nitrogens with zero attached hydrogens (tertiary/aromatic N) is 3. The lowest BCUT2D eigenvalue weighted by Crippen LogP contribution is -2.37. The Labute approximate surface area is 184 Å². The molecule has 0 fully saturated rings.